The number of hydrogen-bond acceptors (Lipinski definition) is 5. The Kier molecular flexibility index (Phi) is 5.01. The minimum Gasteiger partial charge on any atom is -0.487 e. The van der Waals surface area contributed by atoms with Gasteiger partial charge in [-0.15, -0.1) is 0 Å². The molecule has 134 valence electrons. The molecule has 0 atom stereocenters. The molecule has 0 saturated carbocycles. The molecule has 0 radical (unpaired) electrons. The molecule has 1 saturated heterocycles. The predicted molar refractivity (Wildman–Crippen MR) is 96.1 cm³/mol. The van der Waals surface area contributed by atoms with E-state index in [9.17, 15) is 4.79 Å². The molecule has 7 heteroatoms. The summed E-state index contributed by atoms with van der Waals surface area (Å²) in [4.78, 5) is 18.3. The zero-order chi connectivity index (χ0) is 18.7. The number of nitrogens with zero attached hydrogens (tertiary/aromatic N) is 3. The zero-order valence-electron chi connectivity index (χ0n) is 14.5. The number of rotatable bonds is 5. The molecule has 0 N–H and O–H groups in total. The van der Waals surface area contributed by atoms with Gasteiger partial charge in [-0.1, -0.05) is 11.6 Å². The maximum Gasteiger partial charge on any atom is 0.266 e. The van der Waals surface area contributed by atoms with Crippen LogP contribution in [0.5, 0.6) is 11.5 Å². The minimum absolute atomic E-state index is 0.111. The highest BCUT2D eigenvalue weighted by atomic mass is 35.5. The van der Waals surface area contributed by atoms with Crippen LogP contribution >= 0.6 is 11.6 Å². The SMILES string of the molecule is CC(C)(Oc1ccc(Cl)cc1)C(=O)N1CC(Oc2ccnc(C#N)c2)C1. The van der Waals surface area contributed by atoms with Gasteiger partial charge in [-0.05, 0) is 44.2 Å². The van der Waals surface area contributed by atoms with Crippen molar-refractivity contribution in [2.45, 2.75) is 25.6 Å². The molecule has 26 heavy (non-hydrogen) atoms. The van der Waals surface area contributed by atoms with Crippen molar-refractivity contribution < 1.29 is 14.3 Å². The van der Waals surface area contributed by atoms with Crippen molar-refractivity contribution >= 4 is 17.5 Å². The Bertz CT molecular complexity index is 840. The van der Waals surface area contributed by atoms with Gasteiger partial charge in [-0.2, -0.15) is 5.26 Å². The van der Waals surface area contributed by atoms with Gasteiger partial charge in [0.25, 0.3) is 5.91 Å². The van der Waals surface area contributed by atoms with Crippen LogP contribution < -0.4 is 9.47 Å². The first-order valence-electron chi connectivity index (χ1n) is 8.14. The minimum atomic E-state index is -0.997. The monoisotopic (exact) mass is 371 g/mol. The zero-order valence-corrected chi connectivity index (χ0v) is 15.2. The lowest BCUT2D eigenvalue weighted by molar-refractivity contribution is -0.154. The molecular formula is C19H18ClN3O3. The lowest BCUT2D eigenvalue weighted by Gasteiger charge is -2.42. The van der Waals surface area contributed by atoms with Crippen molar-refractivity contribution in [3.8, 4) is 17.6 Å². The van der Waals surface area contributed by atoms with E-state index < -0.39 is 5.60 Å². The Morgan fingerprint density at radius 1 is 1.27 bits per heavy atom. The highest BCUT2D eigenvalue weighted by Gasteiger charge is 2.41. The third kappa shape index (κ3) is 4.06. The maximum absolute atomic E-state index is 12.7. The first-order valence-corrected chi connectivity index (χ1v) is 8.52. The smallest absolute Gasteiger partial charge is 0.266 e. The molecular weight excluding hydrogens is 354 g/mol. The van der Waals surface area contributed by atoms with Crippen LogP contribution in [0, 0.1) is 11.3 Å². The van der Waals surface area contributed by atoms with E-state index in [-0.39, 0.29) is 12.0 Å². The van der Waals surface area contributed by atoms with Gasteiger partial charge in [-0.25, -0.2) is 4.98 Å². The van der Waals surface area contributed by atoms with Crippen molar-refractivity contribution in [1.82, 2.24) is 9.88 Å². The fraction of sp³-hybridized carbons (Fsp3) is 0.316. The number of halogens is 1. The summed E-state index contributed by atoms with van der Waals surface area (Å²) in [5.41, 5.74) is -0.698. The molecule has 1 aromatic heterocycles. The second kappa shape index (κ2) is 7.22. The number of carbonyl (C=O) groups excluding carboxylic acids is 1. The van der Waals surface area contributed by atoms with Crippen LogP contribution in [0.15, 0.2) is 42.6 Å². The summed E-state index contributed by atoms with van der Waals surface area (Å²) in [5.74, 6) is 1.05. The van der Waals surface area contributed by atoms with E-state index in [1.807, 2.05) is 6.07 Å². The van der Waals surface area contributed by atoms with Crippen molar-refractivity contribution in [3.05, 3.63) is 53.3 Å². The lowest BCUT2D eigenvalue weighted by atomic mass is 10.0. The summed E-state index contributed by atoms with van der Waals surface area (Å²) in [5, 5.41) is 9.48. The summed E-state index contributed by atoms with van der Waals surface area (Å²) in [6, 6.07) is 12.1. The number of ether oxygens (including phenoxy) is 2. The van der Waals surface area contributed by atoms with Gasteiger partial charge in [0.15, 0.2) is 5.60 Å². The predicted octanol–water partition coefficient (Wildman–Crippen LogP) is 3.05. The second-order valence-electron chi connectivity index (χ2n) is 6.50. The highest BCUT2D eigenvalue weighted by Crippen LogP contribution is 2.25. The molecule has 2 aromatic rings. The van der Waals surface area contributed by atoms with Crippen LogP contribution in [0.2, 0.25) is 5.02 Å². The number of pyridine rings is 1. The van der Waals surface area contributed by atoms with E-state index in [1.54, 1.807) is 55.1 Å². The van der Waals surface area contributed by atoms with Gasteiger partial charge >= 0.3 is 0 Å². The fourth-order valence-electron chi connectivity index (χ4n) is 2.64. The van der Waals surface area contributed by atoms with Gasteiger partial charge in [0.1, 0.15) is 29.4 Å². The number of amides is 1. The Morgan fingerprint density at radius 3 is 2.62 bits per heavy atom. The van der Waals surface area contributed by atoms with Gasteiger partial charge < -0.3 is 14.4 Å². The second-order valence-corrected chi connectivity index (χ2v) is 6.94. The van der Waals surface area contributed by atoms with Crippen molar-refractivity contribution in [3.63, 3.8) is 0 Å². The molecule has 3 rings (SSSR count). The molecule has 2 heterocycles. The van der Waals surface area contributed by atoms with Crippen LogP contribution in [-0.2, 0) is 4.79 Å². The van der Waals surface area contributed by atoms with Crippen LogP contribution in [0.4, 0.5) is 0 Å². The molecule has 0 unspecified atom stereocenters. The summed E-state index contributed by atoms with van der Waals surface area (Å²) >= 11 is 5.86. The number of likely N-dealkylation sites (tertiary alicyclic amines) is 1. The number of benzene rings is 1. The van der Waals surface area contributed by atoms with Crippen molar-refractivity contribution in [2.24, 2.45) is 0 Å². The Balaban J connectivity index is 1.55. The van der Waals surface area contributed by atoms with Crippen molar-refractivity contribution in [2.75, 3.05) is 13.1 Å². The number of aromatic nitrogens is 1. The molecule has 6 nitrogen and oxygen atoms in total. The summed E-state index contributed by atoms with van der Waals surface area (Å²) < 4.78 is 11.6. The van der Waals surface area contributed by atoms with Crippen molar-refractivity contribution in [1.29, 1.82) is 5.26 Å². The third-order valence-corrected chi connectivity index (χ3v) is 4.24. The standard InChI is InChI=1S/C19H18ClN3O3/c1-19(2,26-15-5-3-13(20)4-6-15)18(24)23-11-17(12-23)25-16-7-8-22-14(9-16)10-21/h3-9,17H,11-12H2,1-2H3. The first kappa shape index (κ1) is 18.0. The molecule has 1 aromatic carbocycles. The number of hydrogen-bond donors (Lipinski definition) is 0. The summed E-state index contributed by atoms with van der Waals surface area (Å²) in [6.45, 7) is 4.41. The maximum atomic E-state index is 12.7. The van der Waals surface area contributed by atoms with Crippen LogP contribution in [0.25, 0.3) is 0 Å². The van der Waals surface area contributed by atoms with Crippen LogP contribution in [0.1, 0.15) is 19.5 Å². The molecule has 1 fully saturated rings. The molecule has 0 bridgehead atoms. The topological polar surface area (TPSA) is 75.4 Å². The molecule has 1 amide bonds. The highest BCUT2D eigenvalue weighted by molar-refractivity contribution is 6.30. The van der Waals surface area contributed by atoms with E-state index in [1.165, 1.54) is 6.20 Å². The summed E-state index contributed by atoms with van der Waals surface area (Å²) in [7, 11) is 0. The largest absolute Gasteiger partial charge is 0.487 e. The quantitative estimate of drug-likeness (QED) is 0.807. The van der Waals surface area contributed by atoms with E-state index in [0.717, 1.165) is 0 Å². The third-order valence-electron chi connectivity index (χ3n) is 3.99. The van der Waals surface area contributed by atoms with Gasteiger partial charge in [0.05, 0.1) is 13.1 Å². The Hall–Kier alpha value is -2.78. The Morgan fingerprint density at radius 2 is 1.96 bits per heavy atom. The normalized spacial score (nSPS) is 14.3. The Labute approximate surface area is 156 Å². The average Bonchev–Trinajstić information content (AvgIpc) is 2.59. The first-order chi connectivity index (χ1) is 12.4. The molecule has 1 aliphatic rings. The average molecular weight is 372 g/mol. The van der Waals surface area contributed by atoms with E-state index in [2.05, 4.69) is 4.98 Å². The van der Waals surface area contributed by atoms with Gasteiger partial charge in [0, 0.05) is 17.3 Å². The van der Waals surface area contributed by atoms with E-state index in [4.69, 9.17) is 26.3 Å². The molecule has 1 aliphatic heterocycles. The molecule has 0 spiro atoms. The fourth-order valence-corrected chi connectivity index (χ4v) is 2.76. The van der Waals surface area contributed by atoms with Gasteiger partial charge in [0.2, 0.25) is 0 Å². The van der Waals surface area contributed by atoms with Gasteiger partial charge in [-0.3, -0.25) is 4.79 Å². The summed E-state index contributed by atoms with van der Waals surface area (Å²) in [6.07, 6.45) is 1.41. The van der Waals surface area contributed by atoms with E-state index in [0.29, 0.717) is 35.3 Å². The number of carbonyl (C=O) groups is 1. The lowest BCUT2D eigenvalue weighted by Crippen LogP contribution is -2.61. The van der Waals surface area contributed by atoms with E-state index >= 15 is 0 Å². The van der Waals surface area contributed by atoms with Crippen LogP contribution in [-0.4, -0.2) is 40.6 Å². The number of nitriles is 1. The van der Waals surface area contributed by atoms with Crippen LogP contribution in [0.3, 0.4) is 0 Å². The molecule has 0 aliphatic carbocycles.